The molecule has 0 saturated heterocycles. The number of unbranched alkanes of at least 4 members (excludes halogenated alkanes) is 1. The van der Waals surface area contributed by atoms with Crippen molar-refractivity contribution in [3.05, 3.63) is 59.7 Å². The van der Waals surface area contributed by atoms with Crippen LogP contribution in [0.1, 0.15) is 56.1 Å². The number of carbonyl (C=O) groups excluding carboxylic acids is 2. The Labute approximate surface area is 211 Å². The second-order valence-electron chi connectivity index (χ2n) is 8.75. The van der Waals surface area contributed by atoms with E-state index in [1.807, 2.05) is 37.4 Å². The molecular weight excluding hydrogens is 464 g/mol. The molecule has 0 heterocycles. The van der Waals surface area contributed by atoms with Crippen molar-refractivity contribution < 1.29 is 24.2 Å². The molecule has 7 nitrogen and oxygen atoms in total. The zero-order valence-corrected chi connectivity index (χ0v) is 21.1. The fourth-order valence-corrected chi connectivity index (χ4v) is 4.92. The van der Waals surface area contributed by atoms with Crippen LogP contribution >= 0.6 is 11.8 Å². The van der Waals surface area contributed by atoms with Crippen molar-refractivity contribution in [3.63, 3.8) is 0 Å². The van der Waals surface area contributed by atoms with Crippen molar-refractivity contribution in [1.82, 2.24) is 10.6 Å². The molecule has 0 fully saturated rings. The van der Waals surface area contributed by atoms with E-state index in [9.17, 15) is 19.5 Å². The number of hydrogen-bond acceptors (Lipinski definition) is 5. The second kappa shape index (κ2) is 13.2. The van der Waals surface area contributed by atoms with Gasteiger partial charge in [-0.15, -0.1) is 0 Å². The molecule has 8 heteroatoms. The minimum absolute atomic E-state index is 0.00719. The third kappa shape index (κ3) is 7.24. The van der Waals surface area contributed by atoms with Crippen LogP contribution in [0.15, 0.2) is 48.5 Å². The molecule has 0 aromatic heterocycles. The number of amides is 2. The van der Waals surface area contributed by atoms with E-state index >= 15 is 0 Å². The molecule has 3 rings (SSSR count). The molecule has 0 radical (unpaired) electrons. The minimum Gasteiger partial charge on any atom is -0.480 e. The van der Waals surface area contributed by atoms with Gasteiger partial charge in [-0.25, -0.2) is 9.59 Å². The summed E-state index contributed by atoms with van der Waals surface area (Å²) in [5.74, 6) is -0.854. The minimum atomic E-state index is -1.05. The van der Waals surface area contributed by atoms with E-state index in [1.165, 1.54) is 11.8 Å². The monoisotopic (exact) mass is 498 g/mol. The van der Waals surface area contributed by atoms with Gasteiger partial charge >= 0.3 is 12.1 Å². The largest absolute Gasteiger partial charge is 0.480 e. The van der Waals surface area contributed by atoms with Gasteiger partial charge in [0.25, 0.3) is 0 Å². The summed E-state index contributed by atoms with van der Waals surface area (Å²) >= 11 is 1.53. The van der Waals surface area contributed by atoms with Crippen LogP contribution in [0.4, 0.5) is 4.79 Å². The van der Waals surface area contributed by atoms with E-state index in [0.717, 1.165) is 35.1 Å². The summed E-state index contributed by atoms with van der Waals surface area (Å²) in [5, 5.41) is 14.8. The molecule has 0 bridgehead atoms. The number of aliphatic carboxylic acids is 1. The Hall–Kier alpha value is -3.00. The van der Waals surface area contributed by atoms with Crippen molar-refractivity contribution in [2.24, 2.45) is 0 Å². The van der Waals surface area contributed by atoms with Crippen LogP contribution in [-0.2, 0) is 14.3 Å². The first-order valence-electron chi connectivity index (χ1n) is 12.1. The van der Waals surface area contributed by atoms with Gasteiger partial charge in [0.2, 0.25) is 5.91 Å². The van der Waals surface area contributed by atoms with Crippen molar-refractivity contribution in [3.8, 4) is 11.1 Å². The zero-order valence-electron chi connectivity index (χ0n) is 20.3. The molecule has 0 aliphatic heterocycles. The van der Waals surface area contributed by atoms with Gasteiger partial charge in [0.15, 0.2) is 0 Å². The molecule has 3 N–H and O–H groups in total. The number of nitrogens with one attached hydrogen (secondary N) is 2. The molecule has 188 valence electrons. The van der Waals surface area contributed by atoms with Crippen LogP contribution in [0.2, 0.25) is 0 Å². The van der Waals surface area contributed by atoms with E-state index in [1.54, 1.807) is 0 Å². The summed E-state index contributed by atoms with van der Waals surface area (Å²) in [7, 11) is 0. The normalized spacial score (nSPS) is 13.9. The van der Waals surface area contributed by atoms with E-state index in [-0.39, 0.29) is 18.9 Å². The van der Waals surface area contributed by atoms with Crippen molar-refractivity contribution in [2.75, 3.05) is 18.6 Å². The molecule has 2 atom stereocenters. The topological polar surface area (TPSA) is 105 Å². The predicted molar refractivity (Wildman–Crippen MR) is 139 cm³/mol. The maximum atomic E-state index is 12.7. The summed E-state index contributed by atoms with van der Waals surface area (Å²) in [5.41, 5.74) is 4.58. The van der Waals surface area contributed by atoms with Gasteiger partial charge in [-0.1, -0.05) is 68.3 Å². The van der Waals surface area contributed by atoms with E-state index < -0.39 is 30.1 Å². The van der Waals surface area contributed by atoms with Crippen LogP contribution in [0, 0.1) is 0 Å². The summed E-state index contributed by atoms with van der Waals surface area (Å²) in [6.07, 6.45) is 4.02. The summed E-state index contributed by atoms with van der Waals surface area (Å²) < 4.78 is 5.63. The van der Waals surface area contributed by atoms with E-state index in [2.05, 4.69) is 34.9 Å². The number of rotatable bonds is 13. The van der Waals surface area contributed by atoms with E-state index in [0.29, 0.717) is 18.6 Å². The Bertz CT molecular complexity index is 983. The molecule has 1 aliphatic rings. The Balaban J connectivity index is 1.59. The maximum Gasteiger partial charge on any atom is 0.407 e. The lowest BCUT2D eigenvalue weighted by molar-refractivity contribution is -0.141. The zero-order chi connectivity index (χ0) is 25.2. The fraction of sp³-hybridized carbons (Fsp3) is 0.444. The fourth-order valence-electron chi connectivity index (χ4n) is 4.45. The van der Waals surface area contributed by atoms with Crippen molar-refractivity contribution in [1.29, 1.82) is 0 Å². The van der Waals surface area contributed by atoms with Gasteiger partial charge in [-0.2, -0.15) is 11.8 Å². The number of carboxylic acids is 1. The summed E-state index contributed by atoms with van der Waals surface area (Å²) in [4.78, 5) is 36.7. The third-order valence-corrected chi connectivity index (χ3v) is 6.89. The van der Waals surface area contributed by atoms with E-state index in [4.69, 9.17) is 4.74 Å². The quantitative estimate of drug-likeness (QED) is 0.367. The molecule has 1 unspecified atom stereocenters. The lowest BCUT2D eigenvalue weighted by Gasteiger charge is -2.21. The number of thioether (sulfide) groups is 1. The highest BCUT2D eigenvalue weighted by atomic mass is 32.2. The van der Waals surface area contributed by atoms with Gasteiger partial charge in [0.1, 0.15) is 12.6 Å². The highest BCUT2D eigenvalue weighted by molar-refractivity contribution is 7.98. The van der Waals surface area contributed by atoms with Crippen LogP contribution < -0.4 is 10.6 Å². The SMILES string of the molecule is CCCCC(CC(=O)N[C@@H](CCSC)C(=O)O)NC(=O)OCC1c2ccccc2-c2ccccc21. The summed E-state index contributed by atoms with van der Waals surface area (Å²) in [6.45, 7) is 2.23. The Kier molecular flexibility index (Phi) is 10.0. The average molecular weight is 499 g/mol. The van der Waals surface area contributed by atoms with Gasteiger partial charge in [-0.3, -0.25) is 4.79 Å². The van der Waals surface area contributed by atoms with Gasteiger partial charge in [0.05, 0.1) is 0 Å². The first-order valence-corrected chi connectivity index (χ1v) is 13.5. The number of alkyl carbamates (subject to hydrolysis) is 1. The Morgan fingerprint density at radius 3 is 2.20 bits per heavy atom. The maximum absolute atomic E-state index is 12.7. The average Bonchev–Trinajstić information content (AvgIpc) is 3.17. The number of hydrogen-bond donors (Lipinski definition) is 3. The molecule has 0 spiro atoms. The molecule has 2 amide bonds. The molecule has 1 aliphatic carbocycles. The number of carboxylic acid groups (broad SMARTS) is 1. The Morgan fingerprint density at radius 1 is 1.00 bits per heavy atom. The number of fused-ring (bicyclic) bond motifs is 3. The molecule has 0 saturated carbocycles. The lowest BCUT2D eigenvalue weighted by atomic mass is 9.98. The summed E-state index contributed by atoms with van der Waals surface area (Å²) in [6, 6.07) is 14.9. The number of carbonyl (C=O) groups is 3. The van der Waals surface area contributed by atoms with Crippen LogP contribution in [-0.4, -0.2) is 53.8 Å². The first kappa shape index (κ1) is 26.6. The van der Waals surface area contributed by atoms with Crippen LogP contribution in [0.3, 0.4) is 0 Å². The van der Waals surface area contributed by atoms with Gasteiger partial charge < -0.3 is 20.5 Å². The van der Waals surface area contributed by atoms with Crippen molar-refractivity contribution >= 4 is 29.7 Å². The van der Waals surface area contributed by atoms with Crippen LogP contribution in [0.5, 0.6) is 0 Å². The van der Waals surface area contributed by atoms with Crippen molar-refractivity contribution in [2.45, 2.75) is 57.0 Å². The first-order chi connectivity index (χ1) is 16.9. The molecule has 35 heavy (non-hydrogen) atoms. The highest BCUT2D eigenvalue weighted by Gasteiger charge is 2.29. The second-order valence-corrected chi connectivity index (χ2v) is 9.74. The standard InChI is InChI=1S/C27H34N2O5S/c1-3-4-9-18(16-25(30)29-24(26(31)32)14-15-35-2)28-27(33)34-17-23-21-12-7-5-10-19(21)20-11-6-8-13-22(20)23/h5-8,10-13,18,23-24H,3-4,9,14-17H2,1-2H3,(H,28,33)(H,29,30)(H,31,32)/t18?,24-/m0/s1. The third-order valence-electron chi connectivity index (χ3n) is 6.25. The molecule has 2 aromatic rings. The number of benzene rings is 2. The Morgan fingerprint density at radius 2 is 1.63 bits per heavy atom. The molecular formula is C27H34N2O5S. The predicted octanol–water partition coefficient (Wildman–Crippen LogP) is 4.80. The van der Waals surface area contributed by atoms with Crippen LogP contribution in [0.25, 0.3) is 11.1 Å². The lowest BCUT2D eigenvalue weighted by Crippen LogP contribution is -2.45. The van der Waals surface area contributed by atoms with Gasteiger partial charge in [0, 0.05) is 18.4 Å². The smallest absolute Gasteiger partial charge is 0.407 e. The number of ether oxygens (including phenoxy) is 1. The van der Waals surface area contributed by atoms with Gasteiger partial charge in [-0.05, 0) is 47.1 Å². The highest BCUT2D eigenvalue weighted by Crippen LogP contribution is 2.44. The molecule has 2 aromatic carbocycles.